The lowest BCUT2D eigenvalue weighted by Gasteiger charge is -2.22. The molecule has 0 aromatic rings. The van der Waals surface area contributed by atoms with E-state index in [1.54, 1.807) is 0 Å². The Morgan fingerprint density at radius 1 is 1.15 bits per heavy atom. The summed E-state index contributed by atoms with van der Waals surface area (Å²) in [5.74, 6) is 0.896. The molecule has 0 saturated carbocycles. The van der Waals surface area contributed by atoms with Gasteiger partial charge >= 0.3 is 0 Å². The molecule has 68 valence electrons. The van der Waals surface area contributed by atoms with Gasteiger partial charge < -0.3 is 4.74 Å². The second kappa shape index (κ2) is 5.79. The number of rotatable bonds is 4. The third kappa shape index (κ3) is 7.57. The molecule has 0 aromatic heterocycles. The van der Waals surface area contributed by atoms with Crippen LogP contribution in [0, 0.1) is 0 Å². The summed E-state index contributed by atoms with van der Waals surface area (Å²) < 4.78 is 5.70. The maximum atomic E-state index is 5.70. The highest BCUT2D eigenvalue weighted by molar-refractivity contribution is 6.58. The predicted molar refractivity (Wildman–Crippen MR) is 67.2 cm³/mol. The number of ether oxygens (including phenoxy) is 1. The highest BCUT2D eigenvalue weighted by Gasteiger charge is 2.11. The van der Waals surface area contributed by atoms with Gasteiger partial charge in [-0.1, -0.05) is 18.2 Å². The Bertz CT molecular complexity index is 224. The van der Waals surface area contributed by atoms with E-state index in [-0.39, 0.29) is 5.30 Å². The lowest BCUT2D eigenvalue weighted by molar-refractivity contribution is 0.221. The molecule has 0 rings (SSSR count). The molecule has 0 N–H and O–H groups in total. The summed E-state index contributed by atoms with van der Waals surface area (Å²) in [4.78, 5) is 0. The maximum absolute atomic E-state index is 5.70. The Kier molecular flexibility index (Phi) is 5.44. The molecule has 0 bridgehead atoms. The van der Waals surface area contributed by atoms with Gasteiger partial charge in [-0.15, -0.1) is 0 Å². The Labute approximate surface area is 84.2 Å². The van der Waals surface area contributed by atoms with Gasteiger partial charge in [0.1, 0.15) is 29.3 Å². The lowest BCUT2D eigenvalue weighted by atomic mass is 9.52. The van der Waals surface area contributed by atoms with Gasteiger partial charge in [0.05, 0.1) is 0 Å². The van der Waals surface area contributed by atoms with Crippen molar-refractivity contribution in [3.8, 4) is 0 Å². The molecule has 0 radical (unpaired) electrons. The van der Waals surface area contributed by atoms with E-state index in [1.807, 2.05) is 67.8 Å². The summed E-state index contributed by atoms with van der Waals surface area (Å²) in [6, 6.07) is 0. The molecule has 0 unspecified atom stereocenters. The van der Waals surface area contributed by atoms with Crippen LogP contribution in [0.5, 0.6) is 0 Å². The highest BCUT2D eigenvalue weighted by Crippen LogP contribution is 2.07. The van der Waals surface area contributed by atoms with Crippen molar-refractivity contribution in [1.29, 1.82) is 0 Å². The first-order valence-electron chi connectivity index (χ1n) is 4.64. The molecule has 0 atom stereocenters. The van der Waals surface area contributed by atoms with Crippen molar-refractivity contribution in [3.05, 3.63) is 36.1 Å². The van der Waals surface area contributed by atoms with Crippen LogP contribution in [0.1, 0.15) is 13.8 Å². The second-order valence-corrected chi connectivity index (χ2v) is 3.81. The Hall–Kier alpha value is -0.785. The summed E-state index contributed by atoms with van der Waals surface area (Å²) in [6.07, 6.45) is 9.86. The van der Waals surface area contributed by atoms with Crippen molar-refractivity contribution in [3.63, 3.8) is 0 Å². The molecule has 1 nitrogen and oxygen atoms in total. The van der Waals surface area contributed by atoms with Gasteiger partial charge in [-0.25, -0.2) is 0 Å². The molecule has 0 saturated heterocycles. The predicted octanol–water partition coefficient (Wildman–Crippen LogP) is -0.450. The largest absolute Gasteiger partial charge is 0.514 e. The van der Waals surface area contributed by atoms with Gasteiger partial charge in [0.25, 0.3) is 0 Å². The Morgan fingerprint density at radius 2 is 1.77 bits per heavy atom. The van der Waals surface area contributed by atoms with Crippen LogP contribution in [0.25, 0.3) is 0 Å². The van der Waals surface area contributed by atoms with E-state index in [0.717, 1.165) is 5.76 Å². The van der Waals surface area contributed by atoms with E-state index in [2.05, 4.69) is 0 Å². The van der Waals surface area contributed by atoms with E-state index in [1.165, 1.54) is 0 Å². The van der Waals surface area contributed by atoms with Crippen LogP contribution in [0.3, 0.4) is 0 Å². The van der Waals surface area contributed by atoms with Crippen molar-refractivity contribution < 1.29 is 4.74 Å². The molecule has 13 heavy (non-hydrogen) atoms. The average molecular weight is 174 g/mol. The standard InChI is InChI=1S/C9H17B3O/c1-3-5-7-8(6-4-2)13-9(10,11)12/h3-7H,10-12H2,1-2H3/b5-3-,6-4-,8-7+. The molecule has 0 aliphatic heterocycles. The zero-order valence-corrected chi connectivity index (χ0v) is 9.29. The molecule has 0 fully saturated rings. The lowest BCUT2D eigenvalue weighted by Crippen LogP contribution is -2.33. The molecule has 0 aromatic carbocycles. The van der Waals surface area contributed by atoms with Crippen molar-refractivity contribution in [1.82, 2.24) is 0 Å². The van der Waals surface area contributed by atoms with E-state index in [9.17, 15) is 0 Å². The molecule has 0 amide bonds. The van der Waals surface area contributed by atoms with Gasteiger partial charge in [0.2, 0.25) is 0 Å². The van der Waals surface area contributed by atoms with Crippen molar-refractivity contribution in [2.45, 2.75) is 19.1 Å². The number of hydrogen-bond donors (Lipinski definition) is 0. The van der Waals surface area contributed by atoms with Crippen molar-refractivity contribution >= 4 is 23.5 Å². The fourth-order valence-corrected chi connectivity index (χ4v) is 0.832. The zero-order chi connectivity index (χ0) is 10.3. The van der Waals surface area contributed by atoms with Crippen LogP contribution >= 0.6 is 0 Å². The molecular weight excluding hydrogens is 157 g/mol. The summed E-state index contributed by atoms with van der Waals surface area (Å²) in [5.41, 5.74) is 0. The van der Waals surface area contributed by atoms with Gasteiger partial charge in [-0.3, -0.25) is 0 Å². The van der Waals surface area contributed by atoms with Crippen LogP contribution in [-0.2, 0) is 4.74 Å². The van der Waals surface area contributed by atoms with Gasteiger partial charge in [0, 0.05) is 5.30 Å². The molecule has 4 heteroatoms. The summed E-state index contributed by atoms with van der Waals surface area (Å²) >= 11 is 0. The first-order chi connectivity index (χ1) is 5.99. The summed E-state index contributed by atoms with van der Waals surface area (Å²) in [5, 5.41) is -0.132. The quantitative estimate of drug-likeness (QED) is 0.318. The molecular formula is C9H17B3O. The maximum Gasteiger partial charge on any atom is 0.135 e. The van der Waals surface area contributed by atoms with Crippen LogP contribution in [-0.4, -0.2) is 28.8 Å². The summed E-state index contributed by atoms with van der Waals surface area (Å²) in [6.45, 7) is 3.97. The Balaban J connectivity index is 4.44. The number of allylic oxidation sites excluding steroid dienone is 5. The molecule has 0 spiro atoms. The van der Waals surface area contributed by atoms with Gasteiger partial charge in [-0.2, -0.15) is 0 Å². The molecule has 0 aliphatic carbocycles. The minimum Gasteiger partial charge on any atom is -0.514 e. The molecule has 0 aliphatic rings. The summed E-state index contributed by atoms with van der Waals surface area (Å²) in [7, 11) is 6.12. The normalized spacial score (nSPS) is 14.2. The molecule has 0 heterocycles. The smallest absolute Gasteiger partial charge is 0.135 e. The van der Waals surface area contributed by atoms with E-state index >= 15 is 0 Å². The minimum absolute atomic E-state index is 0.132. The van der Waals surface area contributed by atoms with E-state index < -0.39 is 0 Å². The minimum atomic E-state index is -0.132. The van der Waals surface area contributed by atoms with E-state index in [4.69, 9.17) is 4.74 Å². The topological polar surface area (TPSA) is 9.23 Å². The average Bonchev–Trinajstić information content (AvgIpc) is 1.98. The van der Waals surface area contributed by atoms with Gasteiger partial charge in [-0.05, 0) is 26.0 Å². The van der Waals surface area contributed by atoms with Crippen LogP contribution in [0.4, 0.5) is 0 Å². The SMILES string of the molecule is BC(B)(B)OC(/C=C\C)=C/C=C\C. The van der Waals surface area contributed by atoms with Gasteiger partial charge in [0.15, 0.2) is 0 Å². The Morgan fingerprint density at radius 3 is 2.15 bits per heavy atom. The van der Waals surface area contributed by atoms with Crippen LogP contribution in [0.2, 0.25) is 0 Å². The number of hydrogen-bond acceptors (Lipinski definition) is 1. The van der Waals surface area contributed by atoms with Crippen LogP contribution < -0.4 is 0 Å². The van der Waals surface area contributed by atoms with Crippen LogP contribution in [0.15, 0.2) is 36.1 Å². The van der Waals surface area contributed by atoms with Crippen molar-refractivity contribution in [2.75, 3.05) is 0 Å². The first-order valence-corrected chi connectivity index (χ1v) is 4.64. The van der Waals surface area contributed by atoms with E-state index in [0.29, 0.717) is 0 Å². The zero-order valence-electron chi connectivity index (χ0n) is 9.29. The third-order valence-electron chi connectivity index (χ3n) is 1.21. The first kappa shape index (κ1) is 12.2. The monoisotopic (exact) mass is 174 g/mol. The second-order valence-electron chi connectivity index (χ2n) is 3.81. The van der Waals surface area contributed by atoms with Crippen molar-refractivity contribution in [2.24, 2.45) is 0 Å². The fourth-order valence-electron chi connectivity index (χ4n) is 0.832. The third-order valence-corrected chi connectivity index (χ3v) is 1.21. The fraction of sp³-hybridized carbons (Fsp3) is 0.333. The highest BCUT2D eigenvalue weighted by atomic mass is 16.5.